The van der Waals surface area contributed by atoms with Crippen LogP contribution < -0.4 is 10.1 Å². The normalized spacial score (nSPS) is 12.0. The van der Waals surface area contributed by atoms with Crippen molar-refractivity contribution in [3.8, 4) is 5.75 Å². The Hall–Kier alpha value is -1.59. The van der Waals surface area contributed by atoms with Gasteiger partial charge in [-0.2, -0.15) is 0 Å². The van der Waals surface area contributed by atoms with Crippen LogP contribution in [0.2, 0.25) is 0 Å². The molecule has 2 aromatic carbocycles. The van der Waals surface area contributed by atoms with Gasteiger partial charge in [-0.05, 0) is 53.2 Å². The zero-order valence-corrected chi connectivity index (χ0v) is 13.2. The van der Waals surface area contributed by atoms with Crippen molar-refractivity contribution >= 4 is 21.6 Å². The number of halogens is 2. The van der Waals surface area contributed by atoms with Gasteiger partial charge in [-0.3, -0.25) is 0 Å². The third-order valence-electron chi connectivity index (χ3n) is 2.92. The van der Waals surface area contributed by atoms with Gasteiger partial charge in [0.15, 0.2) is 0 Å². The second kappa shape index (κ2) is 7.43. The molecule has 0 saturated heterocycles. The Morgan fingerprint density at radius 2 is 1.95 bits per heavy atom. The van der Waals surface area contributed by atoms with E-state index in [0.717, 1.165) is 17.0 Å². The molecule has 2 N–H and O–H groups in total. The standard InChI is InChI=1S/C16H17BrFNO2/c1-11-2-5-14(6-3-11)21-10-13(20)9-19-12-4-7-16(18)15(17)8-12/h2-8,13,19-20H,9-10H2,1H3. The third-order valence-corrected chi connectivity index (χ3v) is 3.53. The van der Waals surface area contributed by atoms with Gasteiger partial charge in [-0.25, -0.2) is 4.39 Å². The van der Waals surface area contributed by atoms with Gasteiger partial charge in [0.2, 0.25) is 0 Å². The van der Waals surface area contributed by atoms with Gasteiger partial charge < -0.3 is 15.2 Å². The summed E-state index contributed by atoms with van der Waals surface area (Å²) in [5.74, 6) is 0.410. The minimum absolute atomic E-state index is 0.193. The lowest BCUT2D eigenvalue weighted by Gasteiger charge is -2.14. The molecule has 2 rings (SSSR count). The van der Waals surface area contributed by atoms with Crippen LogP contribution in [-0.2, 0) is 0 Å². The number of aliphatic hydroxyl groups excluding tert-OH is 1. The van der Waals surface area contributed by atoms with Crippen LogP contribution in [0.3, 0.4) is 0 Å². The molecule has 0 fully saturated rings. The number of hydrogen-bond acceptors (Lipinski definition) is 3. The fourth-order valence-corrected chi connectivity index (χ4v) is 2.11. The predicted octanol–water partition coefficient (Wildman–Crippen LogP) is 3.75. The molecule has 0 radical (unpaired) electrons. The zero-order valence-electron chi connectivity index (χ0n) is 11.6. The molecule has 3 nitrogen and oxygen atoms in total. The maximum absolute atomic E-state index is 13.1. The quantitative estimate of drug-likeness (QED) is 0.830. The molecular formula is C16H17BrFNO2. The van der Waals surface area contributed by atoms with Crippen molar-refractivity contribution < 1.29 is 14.2 Å². The summed E-state index contributed by atoms with van der Waals surface area (Å²) < 4.78 is 19.0. The Morgan fingerprint density at radius 1 is 1.24 bits per heavy atom. The van der Waals surface area contributed by atoms with Crippen LogP contribution in [0.25, 0.3) is 0 Å². The Balaban J connectivity index is 1.77. The molecular weight excluding hydrogens is 337 g/mol. The van der Waals surface area contributed by atoms with Crippen LogP contribution in [0.15, 0.2) is 46.9 Å². The van der Waals surface area contributed by atoms with E-state index in [1.165, 1.54) is 6.07 Å². The number of hydrogen-bond donors (Lipinski definition) is 2. The van der Waals surface area contributed by atoms with Crippen LogP contribution in [0.1, 0.15) is 5.56 Å². The first-order valence-corrected chi connectivity index (χ1v) is 7.40. The van der Waals surface area contributed by atoms with Crippen molar-refractivity contribution in [3.63, 3.8) is 0 Å². The fraction of sp³-hybridized carbons (Fsp3) is 0.250. The summed E-state index contributed by atoms with van der Waals surface area (Å²) in [5, 5.41) is 12.9. The maximum Gasteiger partial charge on any atom is 0.137 e. The summed E-state index contributed by atoms with van der Waals surface area (Å²) in [6.45, 7) is 2.52. The number of aliphatic hydroxyl groups is 1. The number of ether oxygens (including phenoxy) is 1. The summed E-state index contributed by atoms with van der Waals surface area (Å²) in [6.07, 6.45) is -0.657. The van der Waals surface area contributed by atoms with E-state index >= 15 is 0 Å². The van der Waals surface area contributed by atoms with E-state index in [1.807, 2.05) is 31.2 Å². The van der Waals surface area contributed by atoms with Crippen molar-refractivity contribution in [2.24, 2.45) is 0 Å². The van der Waals surface area contributed by atoms with Gasteiger partial charge in [0.05, 0.1) is 4.47 Å². The van der Waals surface area contributed by atoms with E-state index in [9.17, 15) is 9.50 Å². The van der Waals surface area contributed by atoms with Gasteiger partial charge in [0, 0.05) is 12.2 Å². The summed E-state index contributed by atoms with van der Waals surface area (Å²) in [7, 11) is 0. The number of anilines is 1. The molecule has 0 spiro atoms. The summed E-state index contributed by atoms with van der Waals surface area (Å²) in [5.41, 5.74) is 1.89. The molecule has 2 aromatic rings. The first kappa shape index (κ1) is 15.8. The lowest BCUT2D eigenvalue weighted by molar-refractivity contribution is 0.117. The van der Waals surface area contributed by atoms with Gasteiger partial charge in [0.1, 0.15) is 24.3 Å². The zero-order chi connectivity index (χ0) is 15.2. The van der Waals surface area contributed by atoms with Gasteiger partial charge in [-0.1, -0.05) is 17.7 Å². The molecule has 0 saturated carbocycles. The highest BCUT2D eigenvalue weighted by Crippen LogP contribution is 2.20. The maximum atomic E-state index is 13.1. The monoisotopic (exact) mass is 353 g/mol. The lowest BCUT2D eigenvalue weighted by atomic mass is 10.2. The predicted molar refractivity (Wildman–Crippen MR) is 85.3 cm³/mol. The van der Waals surface area contributed by atoms with Gasteiger partial charge in [-0.15, -0.1) is 0 Å². The van der Waals surface area contributed by atoms with E-state index < -0.39 is 6.10 Å². The van der Waals surface area contributed by atoms with Crippen molar-refractivity contribution in [1.29, 1.82) is 0 Å². The molecule has 0 heterocycles. The molecule has 1 unspecified atom stereocenters. The highest BCUT2D eigenvalue weighted by molar-refractivity contribution is 9.10. The van der Waals surface area contributed by atoms with E-state index in [1.54, 1.807) is 12.1 Å². The molecule has 0 aliphatic heterocycles. The first-order chi connectivity index (χ1) is 10.0. The Bertz CT molecular complexity index is 589. The van der Waals surface area contributed by atoms with E-state index in [-0.39, 0.29) is 12.4 Å². The van der Waals surface area contributed by atoms with E-state index in [0.29, 0.717) is 11.0 Å². The SMILES string of the molecule is Cc1ccc(OCC(O)CNc2ccc(F)c(Br)c2)cc1. The van der Waals surface area contributed by atoms with E-state index in [2.05, 4.69) is 21.2 Å². The minimum Gasteiger partial charge on any atom is -0.491 e. The van der Waals surface area contributed by atoms with Crippen LogP contribution in [-0.4, -0.2) is 24.4 Å². The molecule has 5 heteroatoms. The highest BCUT2D eigenvalue weighted by atomic mass is 79.9. The number of benzene rings is 2. The highest BCUT2D eigenvalue weighted by Gasteiger charge is 2.06. The second-order valence-corrected chi connectivity index (χ2v) is 5.64. The number of rotatable bonds is 6. The third kappa shape index (κ3) is 5.02. The average molecular weight is 354 g/mol. The fourth-order valence-electron chi connectivity index (χ4n) is 1.73. The molecule has 0 aromatic heterocycles. The van der Waals surface area contributed by atoms with Crippen LogP contribution in [0.4, 0.5) is 10.1 Å². The van der Waals surface area contributed by atoms with Gasteiger partial charge in [0.25, 0.3) is 0 Å². The Labute approximate surface area is 131 Å². The van der Waals surface area contributed by atoms with Crippen molar-refractivity contribution in [2.45, 2.75) is 13.0 Å². The van der Waals surface area contributed by atoms with Crippen molar-refractivity contribution in [3.05, 3.63) is 58.3 Å². The Morgan fingerprint density at radius 3 is 2.62 bits per heavy atom. The minimum atomic E-state index is -0.657. The van der Waals surface area contributed by atoms with E-state index in [4.69, 9.17) is 4.74 Å². The van der Waals surface area contributed by atoms with Crippen molar-refractivity contribution in [2.75, 3.05) is 18.5 Å². The van der Waals surface area contributed by atoms with Crippen LogP contribution >= 0.6 is 15.9 Å². The molecule has 0 aliphatic rings. The smallest absolute Gasteiger partial charge is 0.137 e. The van der Waals surface area contributed by atoms with Crippen LogP contribution in [0, 0.1) is 12.7 Å². The summed E-state index contributed by atoms with van der Waals surface area (Å²) >= 11 is 3.12. The first-order valence-electron chi connectivity index (χ1n) is 6.61. The molecule has 1 atom stereocenters. The number of nitrogens with one attached hydrogen (secondary N) is 1. The van der Waals surface area contributed by atoms with Gasteiger partial charge >= 0.3 is 0 Å². The summed E-state index contributed by atoms with van der Waals surface area (Å²) in [4.78, 5) is 0. The molecule has 0 aliphatic carbocycles. The Kier molecular flexibility index (Phi) is 5.59. The lowest BCUT2D eigenvalue weighted by Crippen LogP contribution is -2.26. The number of aryl methyl sites for hydroxylation is 1. The molecule has 0 bridgehead atoms. The molecule has 21 heavy (non-hydrogen) atoms. The molecule has 0 amide bonds. The van der Waals surface area contributed by atoms with Crippen LogP contribution in [0.5, 0.6) is 5.75 Å². The topological polar surface area (TPSA) is 41.5 Å². The van der Waals surface area contributed by atoms with Crippen molar-refractivity contribution in [1.82, 2.24) is 0 Å². The largest absolute Gasteiger partial charge is 0.491 e. The average Bonchev–Trinajstić information content (AvgIpc) is 2.48. The summed E-state index contributed by atoms with van der Waals surface area (Å²) in [6, 6.07) is 12.3. The second-order valence-electron chi connectivity index (χ2n) is 4.79. The molecule has 112 valence electrons.